The number of aliphatic imine (C=N–C) groups is 1. The summed E-state index contributed by atoms with van der Waals surface area (Å²) in [4.78, 5) is 7.21. The van der Waals surface area contributed by atoms with Gasteiger partial charge in [-0.25, -0.2) is 4.99 Å². The maximum Gasteiger partial charge on any atom is 0.191 e. The lowest BCUT2D eigenvalue weighted by molar-refractivity contribution is 0.408. The van der Waals surface area contributed by atoms with E-state index in [4.69, 9.17) is 9.73 Å². The number of nitrogens with zero attached hydrogens (tertiary/aromatic N) is 5. The van der Waals surface area contributed by atoms with Crippen LogP contribution < -0.4 is 20.3 Å². The monoisotopic (exact) mass is 573 g/mol. The summed E-state index contributed by atoms with van der Waals surface area (Å²) in [6.07, 6.45) is 5.47. The van der Waals surface area contributed by atoms with Crippen LogP contribution in [0.2, 0.25) is 0 Å². The first-order valence-corrected chi connectivity index (χ1v) is 12.3. The first kappa shape index (κ1) is 26.6. The summed E-state index contributed by atoms with van der Waals surface area (Å²) in [5, 5.41) is 15.5. The lowest BCUT2D eigenvalue weighted by Gasteiger charge is -2.36. The molecule has 178 valence electrons. The lowest BCUT2D eigenvalue weighted by atomic mass is 10.0. The molecule has 32 heavy (non-hydrogen) atoms. The van der Waals surface area contributed by atoms with Crippen LogP contribution in [-0.2, 0) is 13.6 Å². The van der Waals surface area contributed by atoms with Crippen molar-refractivity contribution in [2.45, 2.75) is 38.8 Å². The zero-order valence-electron chi connectivity index (χ0n) is 19.5. The molecule has 10 heteroatoms. The molecule has 0 spiro atoms. The molecule has 1 aliphatic rings. The molecule has 2 N–H and O–H groups in total. The number of anilines is 1. The van der Waals surface area contributed by atoms with Crippen LogP contribution in [0.4, 0.5) is 5.69 Å². The molecule has 1 aliphatic heterocycles. The number of guanidine groups is 1. The van der Waals surface area contributed by atoms with Crippen molar-refractivity contribution in [1.29, 1.82) is 0 Å². The van der Waals surface area contributed by atoms with E-state index in [9.17, 15) is 0 Å². The highest BCUT2D eigenvalue weighted by atomic mass is 127. The van der Waals surface area contributed by atoms with Gasteiger partial charge in [0, 0.05) is 32.7 Å². The molecule has 2 aromatic rings. The Morgan fingerprint density at radius 2 is 2.12 bits per heavy atom. The summed E-state index contributed by atoms with van der Waals surface area (Å²) in [7, 11) is 3.71. The normalized spacial score (nSPS) is 16.4. The van der Waals surface area contributed by atoms with Crippen molar-refractivity contribution in [1.82, 2.24) is 25.4 Å². The van der Waals surface area contributed by atoms with Gasteiger partial charge in [-0.2, -0.15) is 11.8 Å². The second kappa shape index (κ2) is 13.8. The number of thioether (sulfide) groups is 1. The van der Waals surface area contributed by atoms with Gasteiger partial charge >= 0.3 is 0 Å². The minimum atomic E-state index is 0. The van der Waals surface area contributed by atoms with E-state index >= 15 is 0 Å². The molecule has 8 nitrogen and oxygen atoms in total. The number of aromatic nitrogens is 3. The second-order valence-electron chi connectivity index (χ2n) is 7.76. The number of para-hydroxylation sites is 2. The molecule has 1 aromatic carbocycles. The third kappa shape index (κ3) is 7.43. The summed E-state index contributed by atoms with van der Waals surface area (Å²) in [6, 6.07) is 8.55. The van der Waals surface area contributed by atoms with Gasteiger partial charge in [0.05, 0.1) is 12.8 Å². The smallest absolute Gasteiger partial charge is 0.191 e. The predicted molar refractivity (Wildman–Crippen MR) is 145 cm³/mol. The SMILES string of the molecule is COc1ccccc1N1CCCC(NC(=NCc2nnc(C)n2C)NCCCSC)C1.I. The Hall–Kier alpha value is -1.69. The number of hydrogen-bond acceptors (Lipinski definition) is 6. The van der Waals surface area contributed by atoms with Gasteiger partial charge < -0.3 is 24.8 Å². The van der Waals surface area contributed by atoms with Crippen LogP contribution in [-0.4, -0.2) is 65.5 Å². The van der Waals surface area contributed by atoms with E-state index in [1.54, 1.807) is 7.11 Å². The highest BCUT2D eigenvalue weighted by Gasteiger charge is 2.23. The van der Waals surface area contributed by atoms with Crippen molar-refractivity contribution >= 4 is 47.4 Å². The van der Waals surface area contributed by atoms with E-state index in [-0.39, 0.29) is 24.0 Å². The van der Waals surface area contributed by atoms with E-state index in [0.29, 0.717) is 12.6 Å². The molecule has 1 unspecified atom stereocenters. The number of halogens is 1. The Labute approximate surface area is 213 Å². The van der Waals surface area contributed by atoms with Gasteiger partial charge in [0.15, 0.2) is 11.8 Å². The molecule has 1 fully saturated rings. The molecule has 1 saturated heterocycles. The average Bonchev–Trinajstić information content (AvgIpc) is 3.12. The van der Waals surface area contributed by atoms with Crippen LogP contribution in [0, 0.1) is 6.92 Å². The Morgan fingerprint density at radius 1 is 1.31 bits per heavy atom. The van der Waals surface area contributed by atoms with Crippen LogP contribution in [0.5, 0.6) is 5.75 Å². The molecule has 1 aromatic heterocycles. The quantitative estimate of drug-likeness (QED) is 0.207. The van der Waals surface area contributed by atoms with Crippen molar-refractivity contribution in [3.8, 4) is 5.75 Å². The predicted octanol–water partition coefficient (Wildman–Crippen LogP) is 3.21. The van der Waals surface area contributed by atoms with Gasteiger partial charge in [0.25, 0.3) is 0 Å². The van der Waals surface area contributed by atoms with E-state index in [1.165, 1.54) is 0 Å². The summed E-state index contributed by atoms with van der Waals surface area (Å²) in [5.74, 6) is 4.65. The number of methoxy groups -OCH3 is 1. The highest BCUT2D eigenvalue weighted by Crippen LogP contribution is 2.29. The van der Waals surface area contributed by atoms with E-state index in [0.717, 1.165) is 73.7 Å². The van der Waals surface area contributed by atoms with E-state index < -0.39 is 0 Å². The summed E-state index contributed by atoms with van der Waals surface area (Å²) >= 11 is 1.86. The number of rotatable bonds is 9. The Balaban J connectivity index is 0.00000363. The summed E-state index contributed by atoms with van der Waals surface area (Å²) in [5.41, 5.74) is 1.15. The topological polar surface area (TPSA) is 79.6 Å². The average molecular weight is 574 g/mol. The summed E-state index contributed by atoms with van der Waals surface area (Å²) < 4.78 is 7.56. The van der Waals surface area contributed by atoms with Crippen molar-refractivity contribution in [2.24, 2.45) is 12.0 Å². The van der Waals surface area contributed by atoms with Crippen molar-refractivity contribution < 1.29 is 4.74 Å². The van der Waals surface area contributed by atoms with Crippen molar-refractivity contribution in [3.63, 3.8) is 0 Å². The fraction of sp³-hybridized carbons (Fsp3) is 0.591. The molecule has 0 amide bonds. The zero-order chi connectivity index (χ0) is 22.1. The zero-order valence-corrected chi connectivity index (χ0v) is 22.7. The Kier molecular flexibility index (Phi) is 11.4. The number of piperidine rings is 1. The molecule has 1 atom stereocenters. The molecule has 3 rings (SSSR count). The standard InChI is InChI=1S/C22H35N7OS.HI/c1-17-26-27-21(28(17)2)15-24-22(23-12-8-14-31-4)25-18-9-7-13-29(16-18)19-10-5-6-11-20(19)30-3;/h5-6,10-11,18H,7-9,12-16H2,1-4H3,(H2,23,24,25);1H. The van der Waals surface area contributed by atoms with Gasteiger partial charge in [-0.05, 0) is 50.3 Å². The van der Waals surface area contributed by atoms with Gasteiger partial charge in [-0.15, -0.1) is 34.2 Å². The van der Waals surface area contributed by atoms with Gasteiger partial charge in [0.1, 0.15) is 18.1 Å². The van der Waals surface area contributed by atoms with Crippen LogP contribution >= 0.6 is 35.7 Å². The minimum Gasteiger partial charge on any atom is -0.495 e. The first-order chi connectivity index (χ1) is 15.1. The van der Waals surface area contributed by atoms with Gasteiger partial charge in [0.2, 0.25) is 0 Å². The summed E-state index contributed by atoms with van der Waals surface area (Å²) in [6.45, 7) is 5.29. The fourth-order valence-corrected chi connectivity index (χ4v) is 4.15. The molecule has 2 heterocycles. The van der Waals surface area contributed by atoms with Crippen LogP contribution in [0.15, 0.2) is 29.3 Å². The van der Waals surface area contributed by atoms with Crippen molar-refractivity contribution in [3.05, 3.63) is 35.9 Å². The molecule has 0 saturated carbocycles. The Morgan fingerprint density at radius 3 is 2.84 bits per heavy atom. The van der Waals surface area contributed by atoms with Gasteiger partial charge in [-0.1, -0.05) is 12.1 Å². The maximum absolute atomic E-state index is 5.58. The van der Waals surface area contributed by atoms with Crippen molar-refractivity contribution in [2.75, 3.05) is 43.7 Å². The van der Waals surface area contributed by atoms with Crippen LogP contribution in [0.25, 0.3) is 0 Å². The van der Waals surface area contributed by atoms with E-state index in [2.05, 4.69) is 44.1 Å². The molecule has 0 aliphatic carbocycles. The number of hydrogen-bond donors (Lipinski definition) is 2. The lowest BCUT2D eigenvalue weighted by Crippen LogP contribution is -2.51. The third-order valence-electron chi connectivity index (χ3n) is 5.57. The Bertz CT molecular complexity index is 861. The highest BCUT2D eigenvalue weighted by molar-refractivity contribution is 14.0. The largest absolute Gasteiger partial charge is 0.495 e. The first-order valence-electron chi connectivity index (χ1n) is 10.9. The molecular formula is C22H36IN7OS. The molecule has 0 bridgehead atoms. The third-order valence-corrected chi connectivity index (χ3v) is 6.26. The van der Waals surface area contributed by atoms with E-state index in [1.807, 2.05) is 42.4 Å². The minimum absolute atomic E-state index is 0. The second-order valence-corrected chi connectivity index (χ2v) is 8.75. The number of aryl methyl sites for hydroxylation is 1. The fourth-order valence-electron chi connectivity index (χ4n) is 3.71. The molecular weight excluding hydrogens is 537 g/mol. The van der Waals surface area contributed by atoms with Crippen LogP contribution in [0.1, 0.15) is 30.9 Å². The molecule has 0 radical (unpaired) electrons. The number of nitrogens with one attached hydrogen (secondary N) is 2. The van der Waals surface area contributed by atoms with Crippen LogP contribution in [0.3, 0.4) is 0 Å². The number of benzene rings is 1. The number of ether oxygens (including phenoxy) is 1. The maximum atomic E-state index is 5.58. The van der Waals surface area contributed by atoms with Gasteiger partial charge in [-0.3, -0.25) is 0 Å².